The first-order valence-electron chi connectivity index (χ1n) is 4.04. The number of aryl methyl sites for hydroxylation is 1. The van der Waals surface area contributed by atoms with E-state index in [9.17, 15) is 9.90 Å². The van der Waals surface area contributed by atoms with Crippen LogP contribution in [0.2, 0.25) is 0 Å². The SMILES string of the molecule is Cc1ccccc1C(CO)C(=O)[O-]. The van der Waals surface area contributed by atoms with Crippen molar-refractivity contribution in [3.63, 3.8) is 0 Å². The summed E-state index contributed by atoms with van der Waals surface area (Å²) in [6, 6.07) is 7.06. The van der Waals surface area contributed by atoms with Gasteiger partial charge in [0.15, 0.2) is 0 Å². The molecule has 0 saturated carbocycles. The predicted molar refractivity (Wildman–Crippen MR) is 46.0 cm³/mol. The number of carbonyl (C=O) groups excluding carboxylic acids is 1. The van der Waals surface area contributed by atoms with Gasteiger partial charge in [0.05, 0.1) is 12.6 Å². The van der Waals surface area contributed by atoms with Crippen molar-refractivity contribution in [3.8, 4) is 0 Å². The Bertz CT molecular complexity index is 307. The Balaban J connectivity index is 3.04. The summed E-state index contributed by atoms with van der Waals surface area (Å²) in [6.07, 6.45) is 0. The lowest BCUT2D eigenvalue weighted by atomic mass is 9.96. The summed E-state index contributed by atoms with van der Waals surface area (Å²) in [5, 5.41) is 19.5. The normalized spacial score (nSPS) is 12.5. The van der Waals surface area contributed by atoms with Gasteiger partial charge in [-0.05, 0) is 18.1 Å². The molecule has 0 amide bonds. The molecule has 0 aliphatic heterocycles. The predicted octanol–water partition coefficient (Wildman–Crippen LogP) is -0.179. The van der Waals surface area contributed by atoms with Crippen molar-refractivity contribution in [1.82, 2.24) is 0 Å². The Morgan fingerprint density at radius 3 is 2.62 bits per heavy atom. The van der Waals surface area contributed by atoms with Crippen LogP contribution >= 0.6 is 0 Å². The first-order valence-corrected chi connectivity index (χ1v) is 4.04. The third kappa shape index (κ3) is 2.06. The van der Waals surface area contributed by atoms with Crippen LogP contribution in [0, 0.1) is 6.92 Å². The van der Waals surface area contributed by atoms with Gasteiger partial charge in [-0.3, -0.25) is 0 Å². The van der Waals surface area contributed by atoms with Crippen LogP contribution in [0.3, 0.4) is 0 Å². The van der Waals surface area contributed by atoms with Gasteiger partial charge in [-0.2, -0.15) is 0 Å². The van der Waals surface area contributed by atoms with Crippen LogP contribution in [0.1, 0.15) is 17.0 Å². The van der Waals surface area contributed by atoms with Crippen LogP contribution in [-0.2, 0) is 4.79 Å². The zero-order valence-corrected chi connectivity index (χ0v) is 7.36. The number of aliphatic hydroxyl groups excluding tert-OH is 1. The maximum atomic E-state index is 10.6. The van der Waals surface area contributed by atoms with Gasteiger partial charge in [-0.1, -0.05) is 24.3 Å². The zero-order valence-electron chi connectivity index (χ0n) is 7.36. The fourth-order valence-electron chi connectivity index (χ4n) is 1.28. The van der Waals surface area contributed by atoms with E-state index in [1.165, 1.54) is 0 Å². The smallest absolute Gasteiger partial charge is 0.0552 e. The van der Waals surface area contributed by atoms with Crippen molar-refractivity contribution in [2.24, 2.45) is 0 Å². The molecule has 1 aromatic rings. The van der Waals surface area contributed by atoms with Crippen LogP contribution in [0.15, 0.2) is 24.3 Å². The average Bonchev–Trinajstić information content (AvgIpc) is 2.09. The third-order valence-electron chi connectivity index (χ3n) is 2.03. The lowest BCUT2D eigenvalue weighted by Gasteiger charge is -2.17. The van der Waals surface area contributed by atoms with Gasteiger partial charge < -0.3 is 15.0 Å². The molecule has 3 nitrogen and oxygen atoms in total. The molecule has 1 aromatic carbocycles. The molecule has 0 aliphatic carbocycles. The van der Waals surface area contributed by atoms with E-state index in [2.05, 4.69) is 0 Å². The molecule has 1 unspecified atom stereocenters. The first kappa shape index (κ1) is 9.74. The fourth-order valence-corrected chi connectivity index (χ4v) is 1.28. The Labute approximate surface area is 76.6 Å². The Kier molecular flexibility index (Phi) is 3.03. The van der Waals surface area contributed by atoms with Crippen LogP contribution in [0.25, 0.3) is 0 Å². The molecule has 0 saturated heterocycles. The quantitative estimate of drug-likeness (QED) is 0.700. The van der Waals surface area contributed by atoms with Crippen LogP contribution in [0.5, 0.6) is 0 Å². The van der Waals surface area contributed by atoms with E-state index >= 15 is 0 Å². The summed E-state index contributed by atoms with van der Waals surface area (Å²) < 4.78 is 0. The molecule has 0 aromatic heterocycles. The van der Waals surface area contributed by atoms with E-state index in [-0.39, 0.29) is 0 Å². The molecule has 0 aliphatic rings. The summed E-state index contributed by atoms with van der Waals surface area (Å²) in [5.74, 6) is -2.15. The zero-order chi connectivity index (χ0) is 9.84. The van der Waals surface area contributed by atoms with Crippen LogP contribution in [-0.4, -0.2) is 17.7 Å². The second kappa shape index (κ2) is 4.05. The number of rotatable bonds is 3. The number of hydrogen-bond acceptors (Lipinski definition) is 3. The minimum absolute atomic E-state index is 0.423. The van der Waals surface area contributed by atoms with E-state index < -0.39 is 18.5 Å². The number of carbonyl (C=O) groups is 1. The highest BCUT2D eigenvalue weighted by Crippen LogP contribution is 2.18. The second-order valence-electron chi connectivity index (χ2n) is 2.91. The van der Waals surface area contributed by atoms with E-state index in [0.29, 0.717) is 5.56 Å². The van der Waals surface area contributed by atoms with Gasteiger partial charge in [-0.25, -0.2) is 0 Å². The molecule has 0 spiro atoms. The summed E-state index contributed by atoms with van der Waals surface area (Å²) in [6.45, 7) is 1.38. The minimum atomic E-state index is -1.24. The molecule has 3 heteroatoms. The van der Waals surface area contributed by atoms with E-state index in [0.717, 1.165) is 5.56 Å². The number of aliphatic hydroxyl groups is 1. The molecule has 0 bridgehead atoms. The maximum Gasteiger partial charge on any atom is 0.0552 e. The standard InChI is InChI=1S/C10H12O3/c1-7-4-2-3-5-8(7)9(6-11)10(12)13/h2-5,9,11H,6H2,1H3,(H,12,13)/p-1. The number of carboxylic acid groups (broad SMARTS) is 1. The molecular formula is C10H11O3-. The third-order valence-corrected chi connectivity index (χ3v) is 2.03. The van der Waals surface area contributed by atoms with E-state index in [1.807, 2.05) is 6.07 Å². The lowest BCUT2D eigenvalue weighted by molar-refractivity contribution is -0.308. The second-order valence-corrected chi connectivity index (χ2v) is 2.91. The van der Waals surface area contributed by atoms with Gasteiger partial charge >= 0.3 is 0 Å². The number of hydrogen-bond donors (Lipinski definition) is 1. The Hall–Kier alpha value is -1.35. The van der Waals surface area contributed by atoms with Gasteiger partial charge in [0.25, 0.3) is 0 Å². The Morgan fingerprint density at radius 2 is 2.15 bits per heavy atom. The largest absolute Gasteiger partial charge is 0.549 e. The summed E-state index contributed by atoms with van der Waals surface area (Å²) in [5.41, 5.74) is 1.47. The molecular weight excluding hydrogens is 168 g/mol. The summed E-state index contributed by atoms with van der Waals surface area (Å²) in [7, 11) is 0. The van der Waals surface area contributed by atoms with Crippen molar-refractivity contribution in [2.45, 2.75) is 12.8 Å². The molecule has 1 rings (SSSR count). The van der Waals surface area contributed by atoms with Gasteiger partial charge in [0.2, 0.25) is 0 Å². The first-order chi connectivity index (χ1) is 6.16. The monoisotopic (exact) mass is 179 g/mol. The topological polar surface area (TPSA) is 60.4 Å². The fraction of sp³-hybridized carbons (Fsp3) is 0.300. The van der Waals surface area contributed by atoms with Gasteiger partial charge in [-0.15, -0.1) is 0 Å². The highest BCUT2D eigenvalue weighted by atomic mass is 16.4. The lowest BCUT2D eigenvalue weighted by Crippen LogP contribution is -2.32. The van der Waals surface area contributed by atoms with Crippen molar-refractivity contribution in [1.29, 1.82) is 0 Å². The highest BCUT2D eigenvalue weighted by molar-refractivity contribution is 5.74. The maximum absolute atomic E-state index is 10.6. The molecule has 13 heavy (non-hydrogen) atoms. The number of aliphatic carboxylic acids is 1. The van der Waals surface area contributed by atoms with Crippen molar-refractivity contribution in [3.05, 3.63) is 35.4 Å². The van der Waals surface area contributed by atoms with E-state index in [4.69, 9.17) is 5.11 Å². The molecule has 1 N–H and O–H groups in total. The van der Waals surface area contributed by atoms with Gasteiger partial charge in [0, 0.05) is 5.92 Å². The molecule has 1 atom stereocenters. The minimum Gasteiger partial charge on any atom is -0.549 e. The van der Waals surface area contributed by atoms with Crippen LogP contribution < -0.4 is 5.11 Å². The summed E-state index contributed by atoms with van der Waals surface area (Å²) in [4.78, 5) is 10.6. The van der Waals surface area contributed by atoms with Crippen molar-refractivity contribution in [2.75, 3.05) is 6.61 Å². The van der Waals surface area contributed by atoms with Crippen molar-refractivity contribution < 1.29 is 15.0 Å². The van der Waals surface area contributed by atoms with Crippen LogP contribution in [0.4, 0.5) is 0 Å². The summed E-state index contributed by atoms with van der Waals surface area (Å²) >= 11 is 0. The van der Waals surface area contributed by atoms with Gasteiger partial charge in [0.1, 0.15) is 0 Å². The number of carboxylic acids is 1. The Morgan fingerprint density at radius 1 is 1.54 bits per heavy atom. The number of benzene rings is 1. The highest BCUT2D eigenvalue weighted by Gasteiger charge is 2.12. The molecule has 70 valence electrons. The molecule has 0 radical (unpaired) electrons. The van der Waals surface area contributed by atoms with E-state index in [1.54, 1.807) is 25.1 Å². The molecule has 0 heterocycles. The molecule has 0 fully saturated rings. The average molecular weight is 179 g/mol. The van der Waals surface area contributed by atoms with Crippen molar-refractivity contribution >= 4 is 5.97 Å².